The molecule has 4 nitrogen and oxygen atoms in total. The summed E-state index contributed by atoms with van der Waals surface area (Å²) in [5, 5.41) is 9.08. The number of hydrogen-bond acceptors (Lipinski definition) is 3. The molecule has 1 heterocycles. The molecule has 0 aliphatic heterocycles. The van der Waals surface area contributed by atoms with Gasteiger partial charge in [0.1, 0.15) is 5.82 Å². The van der Waals surface area contributed by atoms with Crippen LogP contribution in [0.4, 0.5) is 5.82 Å². The van der Waals surface area contributed by atoms with Crippen LogP contribution in [0.15, 0.2) is 41.2 Å². The van der Waals surface area contributed by atoms with Gasteiger partial charge < -0.3 is 15.6 Å². The minimum absolute atomic E-state index is 0.0155. The van der Waals surface area contributed by atoms with Gasteiger partial charge in [-0.2, -0.15) is 0 Å². The number of anilines is 1. The summed E-state index contributed by atoms with van der Waals surface area (Å²) in [4.78, 5) is 15.4. The molecule has 0 fully saturated rings. The molecule has 1 aliphatic carbocycles. The van der Waals surface area contributed by atoms with E-state index < -0.39 is 0 Å². The molecule has 0 saturated carbocycles. The van der Waals surface area contributed by atoms with E-state index in [1.54, 1.807) is 6.07 Å². The Morgan fingerprint density at radius 2 is 1.90 bits per heavy atom. The molecular formula is C22H22Cl3N3O. The molecule has 0 amide bonds. The van der Waals surface area contributed by atoms with Gasteiger partial charge in [-0.15, -0.1) is 0 Å². The van der Waals surface area contributed by atoms with Crippen molar-refractivity contribution in [3.8, 4) is 0 Å². The number of aromatic nitrogens is 1. The monoisotopic (exact) mass is 449 g/mol. The summed E-state index contributed by atoms with van der Waals surface area (Å²) in [5.74, 6) is 1.12. The van der Waals surface area contributed by atoms with Crippen LogP contribution in [0.25, 0.3) is 10.9 Å². The average molecular weight is 451 g/mol. The Balaban J connectivity index is 1.35. The Bertz CT molecular complexity index is 1110. The SMILES string of the molecule is CC1CC(NCCCNc2cc(=O)c3ccccc3[nH]2)c2c1cc(Cl)c(Cl)c2Cl. The van der Waals surface area contributed by atoms with Gasteiger partial charge in [-0.3, -0.25) is 4.79 Å². The summed E-state index contributed by atoms with van der Waals surface area (Å²) in [5.41, 5.74) is 3.10. The van der Waals surface area contributed by atoms with Gasteiger partial charge in [0, 0.05) is 24.0 Å². The average Bonchev–Trinajstić information content (AvgIpc) is 3.01. The Kier molecular flexibility index (Phi) is 6.07. The third-order valence-corrected chi connectivity index (χ3v) is 6.77. The number of aromatic amines is 1. The van der Waals surface area contributed by atoms with Crippen molar-refractivity contribution in [3.05, 3.63) is 72.8 Å². The highest BCUT2D eigenvalue weighted by Crippen LogP contribution is 2.48. The van der Waals surface area contributed by atoms with Crippen LogP contribution in [0.1, 0.15) is 42.9 Å². The molecule has 29 heavy (non-hydrogen) atoms. The molecule has 3 aromatic rings. The van der Waals surface area contributed by atoms with E-state index in [2.05, 4.69) is 22.5 Å². The largest absolute Gasteiger partial charge is 0.371 e. The molecule has 7 heteroatoms. The lowest BCUT2D eigenvalue weighted by Gasteiger charge is -2.17. The number of hydrogen-bond donors (Lipinski definition) is 3. The predicted octanol–water partition coefficient (Wildman–Crippen LogP) is 6.13. The number of halogens is 3. The second kappa shape index (κ2) is 8.57. The summed E-state index contributed by atoms with van der Waals surface area (Å²) in [6, 6.07) is 11.2. The van der Waals surface area contributed by atoms with Crippen LogP contribution in [0.2, 0.25) is 15.1 Å². The highest BCUT2D eigenvalue weighted by molar-refractivity contribution is 6.48. The van der Waals surface area contributed by atoms with Gasteiger partial charge in [-0.1, -0.05) is 53.9 Å². The van der Waals surface area contributed by atoms with Crippen LogP contribution in [0, 0.1) is 0 Å². The molecule has 1 aromatic heterocycles. The quantitative estimate of drug-likeness (QED) is 0.313. The van der Waals surface area contributed by atoms with Gasteiger partial charge in [-0.25, -0.2) is 0 Å². The van der Waals surface area contributed by atoms with Gasteiger partial charge in [0.05, 0.1) is 20.6 Å². The van der Waals surface area contributed by atoms with Crippen LogP contribution in [0.3, 0.4) is 0 Å². The zero-order valence-electron chi connectivity index (χ0n) is 16.0. The smallest absolute Gasteiger partial charge is 0.191 e. The first-order chi connectivity index (χ1) is 14.0. The number of rotatable bonds is 6. The third kappa shape index (κ3) is 4.13. The highest BCUT2D eigenvalue weighted by atomic mass is 35.5. The first kappa shape index (κ1) is 20.5. The van der Waals surface area contributed by atoms with Crippen molar-refractivity contribution in [2.24, 2.45) is 0 Å². The molecule has 0 radical (unpaired) electrons. The van der Waals surface area contributed by atoms with Crippen molar-refractivity contribution in [1.82, 2.24) is 10.3 Å². The zero-order chi connectivity index (χ0) is 20.5. The number of para-hydroxylation sites is 1. The Hall–Kier alpha value is -1.72. The molecule has 2 unspecified atom stereocenters. The molecule has 2 aromatic carbocycles. The normalized spacial score (nSPS) is 18.2. The van der Waals surface area contributed by atoms with E-state index in [9.17, 15) is 4.79 Å². The van der Waals surface area contributed by atoms with Crippen molar-refractivity contribution in [1.29, 1.82) is 0 Å². The number of fused-ring (bicyclic) bond motifs is 2. The molecule has 0 saturated heterocycles. The van der Waals surface area contributed by atoms with E-state index in [0.717, 1.165) is 42.8 Å². The van der Waals surface area contributed by atoms with E-state index in [1.807, 2.05) is 30.3 Å². The van der Waals surface area contributed by atoms with Crippen LogP contribution in [-0.4, -0.2) is 18.1 Å². The topological polar surface area (TPSA) is 56.9 Å². The fraction of sp³-hybridized carbons (Fsp3) is 0.318. The molecule has 0 bridgehead atoms. The lowest BCUT2D eigenvalue weighted by atomic mass is 10.0. The fourth-order valence-corrected chi connectivity index (χ4v) is 4.81. The zero-order valence-corrected chi connectivity index (χ0v) is 18.3. The van der Waals surface area contributed by atoms with Crippen molar-refractivity contribution < 1.29 is 0 Å². The summed E-state index contributed by atoms with van der Waals surface area (Å²) in [7, 11) is 0. The van der Waals surface area contributed by atoms with Crippen LogP contribution in [0.5, 0.6) is 0 Å². The maximum absolute atomic E-state index is 12.2. The molecule has 3 N–H and O–H groups in total. The first-order valence-corrected chi connectivity index (χ1v) is 10.9. The standard InChI is InChI=1S/C22H22Cl3N3O/c1-12-9-17(20-14(12)10-15(23)21(24)22(20)25)26-7-4-8-27-19-11-18(29)13-5-2-3-6-16(13)28-19/h2-3,5-6,10-12,17,26H,4,7-9H2,1H3,(H2,27,28,29). The molecule has 1 aliphatic rings. The van der Waals surface area contributed by atoms with Gasteiger partial charge in [0.2, 0.25) is 0 Å². The summed E-state index contributed by atoms with van der Waals surface area (Å²) in [6.45, 7) is 3.74. The van der Waals surface area contributed by atoms with Gasteiger partial charge >= 0.3 is 0 Å². The minimum Gasteiger partial charge on any atom is -0.371 e. The fourth-order valence-electron chi connectivity index (χ4n) is 4.05. The van der Waals surface area contributed by atoms with Gasteiger partial charge in [0.15, 0.2) is 5.43 Å². The molecular weight excluding hydrogens is 429 g/mol. The Labute approximate surface area is 184 Å². The van der Waals surface area contributed by atoms with Crippen molar-refractivity contribution >= 4 is 51.5 Å². The van der Waals surface area contributed by atoms with Crippen molar-refractivity contribution in [2.45, 2.75) is 31.7 Å². The van der Waals surface area contributed by atoms with Crippen molar-refractivity contribution in [3.63, 3.8) is 0 Å². The summed E-state index contributed by atoms with van der Waals surface area (Å²) >= 11 is 18.9. The number of nitrogens with one attached hydrogen (secondary N) is 3. The van der Waals surface area contributed by atoms with Crippen LogP contribution < -0.4 is 16.1 Å². The molecule has 0 spiro atoms. The number of benzene rings is 2. The van der Waals surface area contributed by atoms with Gasteiger partial charge in [-0.05, 0) is 54.6 Å². The highest BCUT2D eigenvalue weighted by Gasteiger charge is 2.32. The molecule has 152 valence electrons. The maximum atomic E-state index is 12.2. The maximum Gasteiger partial charge on any atom is 0.191 e. The van der Waals surface area contributed by atoms with Crippen LogP contribution >= 0.6 is 34.8 Å². The minimum atomic E-state index is 0.0155. The molecule has 2 atom stereocenters. The number of H-pyrrole nitrogens is 1. The summed E-state index contributed by atoms with van der Waals surface area (Å²) in [6.07, 6.45) is 1.87. The van der Waals surface area contributed by atoms with E-state index in [1.165, 1.54) is 5.56 Å². The lowest BCUT2D eigenvalue weighted by Crippen LogP contribution is -2.23. The second-order valence-electron chi connectivity index (χ2n) is 7.51. The van der Waals surface area contributed by atoms with E-state index in [4.69, 9.17) is 34.8 Å². The summed E-state index contributed by atoms with van der Waals surface area (Å²) < 4.78 is 0. The van der Waals surface area contributed by atoms with E-state index >= 15 is 0 Å². The van der Waals surface area contributed by atoms with E-state index in [0.29, 0.717) is 26.4 Å². The third-order valence-electron chi connectivity index (χ3n) is 5.50. The lowest BCUT2D eigenvalue weighted by molar-refractivity contribution is 0.502. The van der Waals surface area contributed by atoms with E-state index in [-0.39, 0.29) is 11.5 Å². The Morgan fingerprint density at radius 1 is 1.10 bits per heavy atom. The molecule has 4 rings (SSSR count). The number of pyridine rings is 1. The second-order valence-corrected chi connectivity index (χ2v) is 8.67. The Morgan fingerprint density at radius 3 is 2.72 bits per heavy atom. The van der Waals surface area contributed by atoms with Crippen LogP contribution in [-0.2, 0) is 0 Å². The van der Waals surface area contributed by atoms with Gasteiger partial charge in [0.25, 0.3) is 0 Å². The predicted molar refractivity (Wildman–Crippen MR) is 123 cm³/mol. The van der Waals surface area contributed by atoms with Crippen molar-refractivity contribution in [2.75, 3.05) is 18.4 Å². The first-order valence-electron chi connectivity index (χ1n) is 9.72.